The smallest absolute Gasteiger partial charge is 0.407 e. The molecule has 0 saturated carbocycles. The molecule has 2 aromatic carbocycles. The summed E-state index contributed by atoms with van der Waals surface area (Å²) >= 11 is 0. The number of carbonyl (C=O) groups excluding carboxylic acids is 2. The Labute approximate surface area is 200 Å². The molecule has 0 radical (unpaired) electrons. The van der Waals surface area contributed by atoms with E-state index in [1.54, 1.807) is 0 Å². The zero-order valence-corrected chi connectivity index (χ0v) is 18.9. The number of urea groups is 1. The van der Waals surface area contributed by atoms with Gasteiger partial charge < -0.3 is 14.4 Å². The lowest BCUT2D eigenvalue weighted by molar-refractivity contribution is -0.143. The second-order valence-corrected chi connectivity index (χ2v) is 7.69. The molecule has 0 unspecified atom stereocenters. The minimum absolute atomic E-state index is 0.0113. The van der Waals surface area contributed by atoms with E-state index in [4.69, 9.17) is 9.47 Å². The number of hydrogen-bond acceptors (Lipinski definition) is 4. The number of anilines is 2. The first kappa shape index (κ1) is 27.0. The van der Waals surface area contributed by atoms with Crippen LogP contribution in [-0.4, -0.2) is 57.4 Å². The van der Waals surface area contributed by atoms with Crippen LogP contribution in [-0.2, 0) is 17.1 Å². The van der Waals surface area contributed by atoms with Crippen LogP contribution in [0.15, 0.2) is 36.4 Å². The predicted octanol–water partition coefficient (Wildman–Crippen LogP) is 5.39. The van der Waals surface area contributed by atoms with E-state index in [0.29, 0.717) is 11.0 Å². The number of halogens is 7. The van der Waals surface area contributed by atoms with Gasteiger partial charge in [0.2, 0.25) is 0 Å². The van der Waals surface area contributed by atoms with Crippen molar-refractivity contribution >= 4 is 23.5 Å². The molecule has 0 aliphatic carbocycles. The van der Waals surface area contributed by atoms with Crippen LogP contribution in [0.3, 0.4) is 0 Å². The highest BCUT2D eigenvalue weighted by atomic mass is 19.4. The Hall–Kier alpha value is -3.55. The van der Waals surface area contributed by atoms with Gasteiger partial charge >= 0.3 is 24.5 Å². The Kier molecular flexibility index (Phi) is 7.67. The van der Waals surface area contributed by atoms with Crippen LogP contribution in [0.1, 0.15) is 11.1 Å². The van der Waals surface area contributed by atoms with Crippen molar-refractivity contribution in [2.45, 2.75) is 12.4 Å². The van der Waals surface area contributed by atoms with Crippen LogP contribution in [0, 0.1) is 5.82 Å². The lowest BCUT2D eigenvalue weighted by Crippen LogP contribution is -2.35. The van der Waals surface area contributed by atoms with Crippen LogP contribution in [0.5, 0.6) is 5.75 Å². The van der Waals surface area contributed by atoms with E-state index in [-0.39, 0.29) is 38.0 Å². The molecule has 3 rings (SSSR count). The lowest BCUT2D eigenvalue weighted by Gasteiger charge is -2.26. The summed E-state index contributed by atoms with van der Waals surface area (Å²) in [5, 5.41) is 0. The third kappa shape index (κ3) is 5.80. The molecule has 1 aliphatic rings. The molecule has 1 saturated heterocycles. The van der Waals surface area contributed by atoms with Gasteiger partial charge in [0.25, 0.3) is 0 Å². The van der Waals surface area contributed by atoms with Gasteiger partial charge in [0.05, 0.1) is 17.9 Å². The van der Waals surface area contributed by atoms with Crippen molar-refractivity contribution in [1.29, 1.82) is 0 Å². The minimum atomic E-state index is -5.38. The highest BCUT2D eigenvalue weighted by Gasteiger charge is 2.44. The summed E-state index contributed by atoms with van der Waals surface area (Å²) in [6, 6.07) is 3.52. The van der Waals surface area contributed by atoms with E-state index in [0.717, 1.165) is 36.2 Å². The number of ether oxygens (including phenoxy) is 2. The van der Waals surface area contributed by atoms with Gasteiger partial charge in [-0.05, 0) is 36.4 Å². The molecule has 7 nitrogen and oxygen atoms in total. The van der Waals surface area contributed by atoms with Crippen molar-refractivity contribution in [2.75, 3.05) is 50.2 Å². The second-order valence-electron chi connectivity index (χ2n) is 7.69. The quantitative estimate of drug-likeness (QED) is 0.477. The van der Waals surface area contributed by atoms with E-state index in [9.17, 15) is 40.3 Å². The molecule has 0 bridgehead atoms. The molecular formula is C22H20F7N3O4. The highest BCUT2D eigenvalue weighted by molar-refractivity contribution is 5.97. The summed E-state index contributed by atoms with van der Waals surface area (Å²) < 4.78 is 105. The van der Waals surface area contributed by atoms with Gasteiger partial charge in [0.15, 0.2) is 5.75 Å². The van der Waals surface area contributed by atoms with Crippen LogP contribution in [0.4, 0.5) is 51.7 Å². The van der Waals surface area contributed by atoms with Crippen molar-refractivity contribution in [2.24, 2.45) is 0 Å². The number of hydrogen-bond donors (Lipinski definition) is 0. The predicted molar refractivity (Wildman–Crippen MR) is 113 cm³/mol. The second kappa shape index (κ2) is 10.2. The van der Waals surface area contributed by atoms with Gasteiger partial charge in [0.1, 0.15) is 11.4 Å². The van der Waals surface area contributed by atoms with Gasteiger partial charge in [-0.15, -0.1) is 0 Å². The van der Waals surface area contributed by atoms with Crippen LogP contribution < -0.4 is 14.5 Å². The molecule has 0 aromatic heterocycles. The Morgan fingerprint density at radius 1 is 1.03 bits per heavy atom. The van der Waals surface area contributed by atoms with E-state index in [1.165, 1.54) is 12.0 Å². The molecule has 1 fully saturated rings. The maximum atomic E-state index is 13.9. The van der Waals surface area contributed by atoms with Crippen LogP contribution in [0.25, 0.3) is 0 Å². The van der Waals surface area contributed by atoms with Crippen LogP contribution in [0.2, 0.25) is 0 Å². The minimum Gasteiger partial charge on any atom is -0.407 e. The summed E-state index contributed by atoms with van der Waals surface area (Å²) in [4.78, 5) is 28.1. The summed E-state index contributed by atoms with van der Waals surface area (Å²) in [5.41, 5.74) is -4.41. The number of methoxy groups -OCH3 is 1. The van der Waals surface area contributed by atoms with E-state index in [1.807, 2.05) is 0 Å². The number of alkyl halides is 6. The third-order valence-electron chi connectivity index (χ3n) is 5.33. The molecule has 0 spiro atoms. The average Bonchev–Trinajstić information content (AvgIpc) is 3.16. The topological polar surface area (TPSA) is 62.3 Å². The molecule has 0 atom stereocenters. The van der Waals surface area contributed by atoms with Gasteiger partial charge in [-0.25, -0.2) is 14.0 Å². The average molecular weight is 523 g/mol. The zero-order chi connectivity index (χ0) is 26.8. The fourth-order valence-corrected chi connectivity index (χ4v) is 3.44. The number of rotatable bonds is 6. The zero-order valence-electron chi connectivity index (χ0n) is 18.9. The molecule has 0 N–H and O–H groups in total. The van der Waals surface area contributed by atoms with Gasteiger partial charge in [0, 0.05) is 39.5 Å². The molecule has 36 heavy (non-hydrogen) atoms. The number of benzene rings is 2. The van der Waals surface area contributed by atoms with Gasteiger partial charge in [-0.3, -0.25) is 9.80 Å². The summed E-state index contributed by atoms with van der Waals surface area (Å²) in [5.74, 6) is -1.91. The largest absolute Gasteiger partial charge is 0.420 e. The third-order valence-corrected chi connectivity index (χ3v) is 5.33. The summed E-state index contributed by atoms with van der Waals surface area (Å²) in [6.07, 6.45) is -12.0. The first-order valence-electron chi connectivity index (χ1n) is 10.3. The molecule has 196 valence electrons. The normalized spacial score (nSPS) is 14.4. The molecule has 3 amide bonds. The first-order valence-corrected chi connectivity index (χ1v) is 10.3. The molecular weight excluding hydrogens is 503 g/mol. The van der Waals surface area contributed by atoms with E-state index >= 15 is 0 Å². The Morgan fingerprint density at radius 3 is 2.22 bits per heavy atom. The Bertz CT molecular complexity index is 1120. The number of nitrogens with zero attached hydrogens (tertiary/aromatic N) is 3. The fraction of sp³-hybridized carbons (Fsp3) is 0.364. The van der Waals surface area contributed by atoms with E-state index < -0.39 is 52.9 Å². The summed E-state index contributed by atoms with van der Waals surface area (Å²) in [6.45, 7) is -0.151. The number of amides is 3. The van der Waals surface area contributed by atoms with Crippen molar-refractivity contribution < 1.29 is 49.8 Å². The molecule has 1 heterocycles. The van der Waals surface area contributed by atoms with Gasteiger partial charge in [-0.1, -0.05) is 0 Å². The van der Waals surface area contributed by atoms with Crippen molar-refractivity contribution in [3.63, 3.8) is 0 Å². The van der Waals surface area contributed by atoms with Gasteiger partial charge in [-0.2, -0.15) is 26.3 Å². The monoisotopic (exact) mass is 523 g/mol. The van der Waals surface area contributed by atoms with Crippen molar-refractivity contribution in [3.05, 3.63) is 53.3 Å². The lowest BCUT2D eigenvalue weighted by atomic mass is 10.1. The number of carbonyl (C=O) groups is 2. The maximum absolute atomic E-state index is 13.9. The molecule has 2 aromatic rings. The Morgan fingerprint density at radius 2 is 1.67 bits per heavy atom. The Balaban J connectivity index is 2.10. The maximum Gasteiger partial charge on any atom is 0.420 e. The van der Waals surface area contributed by atoms with Crippen LogP contribution >= 0.6 is 0 Å². The van der Waals surface area contributed by atoms with Crippen molar-refractivity contribution in [3.8, 4) is 5.75 Å². The standard InChI is InChI=1S/C22H20F7N3O4/c1-30(15-5-3-14(23)4-6-15)20(34)36-18-16(22(27,28)29)11-13(21(24,25)26)12-17(18)32-8-7-31(19(32)33)9-10-35-2/h3-6,11-12H,7-10H2,1-2H3. The molecule has 1 aliphatic heterocycles. The fourth-order valence-electron chi connectivity index (χ4n) is 3.44. The molecule has 14 heteroatoms. The highest BCUT2D eigenvalue weighted by Crippen LogP contribution is 2.47. The SMILES string of the molecule is COCCN1CCN(c2cc(C(F)(F)F)cc(C(F)(F)F)c2OC(=O)N(C)c2ccc(F)cc2)C1=O. The van der Waals surface area contributed by atoms with E-state index in [2.05, 4.69) is 0 Å². The summed E-state index contributed by atoms with van der Waals surface area (Å²) in [7, 11) is 2.47. The van der Waals surface area contributed by atoms with Crippen molar-refractivity contribution in [1.82, 2.24) is 4.90 Å². The first-order chi connectivity index (χ1) is 16.7.